The molecule has 0 bridgehead atoms. The number of nitrogens with zero attached hydrogens (tertiary/aromatic N) is 3. The number of benzene rings is 4. The number of aromatic nitrogens is 2. The number of fused-ring (bicyclic) bond motifs is 4. The highest BCUT2D eigenvalue weighted by molar-refractivity contribution is 7.85. The summed E-state index contributed by atoms with van der Waals surface area (Å²) in [4.78, 5) is 20.3. The van der Waals surface area contributed by atoms with Crippen LogP contribution in [0.5, 0.6) is 0 Å². The predicted octanol–water partition coefficient (Wildman–Crippen LogP) is 4.89. The van der Waals surface area contributed by atoms with Gasteiger partial charge < -0.3 is 4.98 Å². The lowest BCUT2D eigenvalue weighted by Crippen LogP contribution is -2.00. The fourth-order valence-corrected chi connectivity index (χ4v) is 3.90. The molecule has 152 valence electrons. The Morgan fingerprint density at radius 3 is 2.39 bits per heavy atom. The quantitative estimate of drug-likeness (QED) is 0.182. The van der Waals surface area contributed by atoms with Gasteiger partial charge in [0.25, 0.3) is 10.1 Å². The molecule has 0 amide bonds. The second-order valence-electron chi connectivity index (χ2n) is 6.89. The second-order valence-corrected chi connectivity index (χ2v) is 8.31. The first-order valence-electron chi connectivity index (χ1n) is 9.24. The number of aromatic amines is 1. The molecular formula is C22H14N4O4S. The molecule has 0 spiro atoms. The van der Waals surface area contributed by atoms with Crippen LogP contribution in [0, 0.1) is 0 Å². The van der Waals surface area contributed by atoms with Crippen LogP contribution in [0.15, 0.2) is 92.7 Å². The van der Waals surface area contributed by atoms with Crippen LogP contribution >= 0.6 is 0 Å². The average Bonchev–Trinajstić information content (AvgIpc) is 2.77. The third-order valence-electron chi connectivity index (χ3n) is 4.91. The molecule has 0 aliphatic carbocycles. The van der Waals surface area contributed by atoms with Crippen LogP contribution in [0.1, 0.15) is 0 Å². The molecule has 4 aromatic carbocycles. The Hall–Kier alpha value is -3.95. The summed E-state index contributed by atoms with van der Waals surface area (Å²) in [6.45, 7) is 0. The highest BCUT2D eigenvalue weighted by atomic mass is 32.2. The smallest absolute Gasteiger partial charge is 0.294 e. The van der Waals surface area contributed by atoms with Crippen LogP contribution in [0.3, 0.4) is 0 Å². The Morgan fingerprint density at radius 2 is 1.61 bits per heavy atom. The van der Waals surface area contributed by atoms with E-state index in [4.69, 9.17) is 9.54 Å². The molecule has 2 N–H and O–H groups in total. The van der Waals surface area contributed by atoms with Gasteiger partial charge in [0.15, 0.2) is 5.43 Å². The van der Waals surface area contributed by atoms with Crippen LogP contribution < -0.4 is 5.43 Å². The van der Waals surface area contributed by atoms with Crippen molar-refractivity contribution in [2.75, 3.05) is 0 Å². The van der Waals surface area contributed by atoms with Gasteiger partial charge in [-0.1, -0.05) is 12.1 Å². The Bertz CT molecular complexity index is 1670. The molecule has 0 atom stereocenters. The van der Waals surface area contributed by atoms with Crippen molar-refractivity contribution in [3.05, 3.63) is 83.0 Å². The average molecular weight is 430 g/mol. The third kappa shape index (κ3) is 3.45. The first-order valence-corrected chi connectivity index (χ1v) is 10.7. The highest BCUT2D eigenvalue weighted by Gasteiger charge is 2.12. The van der Waals surface area contributed by atoms with Crippen LogP contribution in [0.2, 0.25) is 0 Å². The summed E-state index contributed by atoms with van der Waals surface area (Å²) in [7, 11) is -4.28. The maximum absolute atomic E-state index is 12.5. The molecule has 0 saturated carbocycles. The van der Waals surface area contributed by atoms with E-state index in [-0.39, 0.29) is 10.3 Å². The monoisotopic (exact) mass is 430 g/mol. The summed E-state index contributed by atoms with van der Waals surface area (Å²) >= 11 is 0. The molecule has 31 heavy (non-hydrogen) atoms. The summed E-state index contributed by atoms with van der Waals surface area (Å²) in [5.41, 5.74) is 3.67. The van der Waals surface area contributed by atoms with Gasteiger partial charge >= 0.3 is 0 Å². The van der Waals surface area contributed by atoms with E-state index in [9.17, 15) is 13.2 Å². The van der Waals surface area contributed by atoms with Gasteiger partial charge in [-0.05, 0) is 60.7 Å². The molecule has 0 radical (unpaired) electrons. The van der Waals surface area contributed by atoms with Crippen molar-refractivity contribution < 1.29 is 13.0 Å². The van der Waals surface area contributed by atoms with Gasteiger partial charge in [0.2, 0.25) is 0 Å². The van der Waals surface area contributed by atoms with Crippen molar-refractivity contribution in [1.82, 2.24) is 9.97 Å². The zero-order chi connectivity index (χ0) is 21.6. The van der Waals surface area contributed by atoms with Crippen molar-refractivity contribution >= 4 is 54.3 Å². The first kappa shape index (κ1) is 19.0. The molecule has 8 nitrogen and oxygen atoms in total. The molecular weight excluding hydrogens is 416 g/mol. The van der Waals surface area contributed by atoms with Gasteiger partial charge in [-0.3, -0.25) is 9.35 Å². The normalized spacial score (nSPS) is 12.3. The van der Waals surface area contributed by atoms with E-state index >= 15 is 0 Å². The van der Waals surface area contributed by atoms with Gasteiger partial charge in [-0.25, -0.2) is 4.98 Å². The Labute approximate surface area is 175 Å². The van der Waals surface area contributed by atoms with Crippen molar-refractivity contribution in [3.63, 3.8) is 0 Å². The summed E-state index contributed by atoms with van der Waals surface area (Å²) in [6, 6.07) is 19.5. The number of H-pyrrole nitrogens is 1. The van der Waals surface area contributed by atoms with Gasteiger partial charge in [0.1, 0.15) is 0 Å². The Morgan fingerprint density at radius 1 is 0.839 bits per heavy atom. The molecule has 0 fully saturated rings. The largest absolute Gasteiger partial charge is 0.352 e. The van der Waals surface area contributed by atoms with Gasteiger partial charge in [-0.2, -0.15) is 13.5 Å². The van der Waals surface area contributed by atoms with E-state index in [0.29, 0.717) is 27.7 Å². The van der Waals surface area contributed by atoms with Crippen LogP contribution in [0.4, 0.5) is 11.4 Å². The summed E-state index contributed by atoms with van der Waals surface area (Å²) in [6.07, 6.45) is 0. The van der Waals surface area contributed by atoms with Crippen molar-refractivity contribution in [2.24, 2.45) is 10.2 Å². The lowest BCUT2D eigenvalue weighted by Gasteiger charge is -2.07. The standard InChI is InChI=1S/C22H14N4O4S/c27-20-12-11-18(26-25-13-5-7-14(8-6-13)31(28,29)30)21-15(20)9-10-19-22(21)24-17-4-2-1-3-16(17)23-19/h1-12,23H,(H,28,29,30). The fourth-order valence-electron chi connectivity index (χ4n) is 3.42. The zero-order valence-corrected chi connectivity index (χ0v) is 16.7. The minimum atomic E-state index is -4.28. The molecule has 0 aliphatic rings. The zero-order valence-electron chi connectivity index (χ0n) is 15.9. The van der Waals surface area contributed by atoms with Crippen LogP contribution in [-0.4, -0.2) is 22.9 Å². The van der Waals surface area contributed by atoms with Gasteiger partial charge in [0, 0.05) is 10.8 Å². The Balaban J connectivity index is 1.70. The topological polar surface area (TPSA) is 125 Å². The predicted molar refractivity (Wildman–Crippen MR) is 118 cm³/mol. The number of para-hydroxylation sites is 2. The maximum atomic E-state index is 12.5. The van der Waals surface area contributed by atoms with Gasteiger partial charge in [0.05, 0.1) is 38.3 Å². The van der Waals surface area contributed by atoms with Crippen molar-refractivity contribution in [1.29, 1.82) is 0 Å². The number of rotatable bonds is 3. The lowest BCUT2D eigenvalue weighted by atomic mass is 10.1. The van der Waals surface area contributed by atoms with Crippen LogP contribution in [0.25, 0.3) is 32.8 Å². The minimum Gasteiger partial charge on any atom is -0.352 e. The number of hydrogen-bond acceptors (Lipinski definition) is 6. The van der Waals surface area contributed by atoms with Crippen LogP contribution in [-0.2, 0) is 10.1 Å². The molecule has 1 heterocycles. The molecule has 1 aromatic heterocycles. The summed E-state index contributed by atoms with van der Waals surface area (Å²) in [5.74, 6) is 0. The number of azo groups is 1. The molecule has 0 aliphatic heterocycles. The lowest BCUT2D eigenvalue weighted by molar-refractivity contribution is 0.483. The highest BCUT2D eigenvalue weighted by Crippen LogP contribution is 2.32. The molecule has 5 aromatic rings. The van der Waals surface area contributed by atoms with Crippen molar-refractivity contribution in [3.8, 4) is 0 Å². The summed E-state index contributed by atoms with van der Waals surface area (Å²) in [5, 5.41) is 9.49. The van der Waals surface area contributed by atoms with E-state index in [2.05, 4.69) is 15.2 Å². The maximum Gasteiger partial charge on any atom is 0.294 e. The summed E-state index contributed by atoms with van der Waals surface area (Å²) < 4.78 is 31.4. The van der Waals surface area contributed by atoms with E-state index in [1.807, 2.05) is 30.3 Å². The van der Waals surface area contributed by atoms with E-state index in [0.717, 1.165) is 16.6 Å². The van der Waals surface area contributed by atoms with E-state index < -0.39 is 10.1 Å². The van der Waals surface area contributed by atoms with Crippen molar-refractivity contribution in [2.45, 2.75) is 4.90 Å². The van der Waals surface area contributed by atoms with Gasteiger partial charge in [-0.15, -0.1) is 5.11 Å². The molecule has 0 saturated heterocycles. The van der Waals surface area contributed by atoms with E-state index in [1.54, 1.807) is 12.1 Å². The fraction of sp³-hybridized carbons (Fsp3) is 0. The third-order valence-corrected chi connectivity index (χ3v) is 5.77. The minimum absolute atomic E-state index is 0.150. The number of hydrogen-bond donors (Lipinski definition) is 2. The molecule has 0 unspecified atom stereocenters. The first-order chi connectivity index (χ1) is 14.9. The molecule has 9 heteroatoms. The molecule has 5 rings (SSSR count). The second kappa shape index (κ2) is 7.08. The SMILES string of the molecule is O=c1ccc(N=Nc2ccc(S(=O)(=O)O)cc2)c2c1ccc1[nH]c3ccccc3nc12. The number of nitrogens with one attached hydrogen (secondary N) is 1. The van der Waals surface area contributed by atoms with E-state index in [1.165, 1.54) is 30.3 Å². The Kier molecular flexibility index (Phi) is 4.35.